The van der Waals surface area contributed by atoms with Gasteiger partial charge in [-0.15, -0.1) is 0 Å². The number of alkyl halides is 3. The van der Waals surface area contributed by atoms with Gasteiger partial charge in [-0.25, -0.2) is 4.98 Å². The maximum absolute atomic E-state index is 13.8. The number of carbonyl (C=O) groups is 1. The molecular formula is C32H39F3N6OS. The highest BCUT2D eigenvalue weighted by molar-refractivity contribution is 7.80. The van der Waals surface area contributed by atoms with Crippen LogP contribution in [0.2, 0.25) is 0 Å². The normalized spacial score (nSPS) is 12.7. The fraction of sp³-hybridized carbons (Fsp3) is 0.438. The minimum atomic E-state index is -4.50. The van der Waals surface area contributed by atoms with Crippen molar-refractivity contribution in [2.24, 2.45) is 5.92 Å². The second-order valence-electron chi connectivity index (χ2n) is 10.7. The first-order chi connectivity index (χ1) is 20.5. The van der Waals surface area contributed by atoms with Crippen LogP contribution in [0.3, 0.4) is 0 Å². The van der Waals surface area contributed by atoms with E-state index in [-0.39, 0.29) is 42.9 Å². The molecule has 7 nitrogen and oxygen atoms in total. The molecule has 1 aromatic heterocycles. The van der Waals surface area contributed by atoms with Gasteiger partial charge in [0.15, 0.2) is 5.11 Å². The van der Waals surface area contributed by atoms with Crippen molar-refractivity contribution in [1.82, 2.24) is 25.1 Å². The predicted molar refractivity (Wildman–Crippen MR) is 165 cm³/mol. The number of rotatable bonds is 14. The summed E-state index contributed by atoms with van der Waals surface area (Å²) in [5, 5.41) is 15.7. The lowest BCUT2D eigenvalue weighted by molar-refractivity contribution is -0.138. The Morgan fingerprint density at radius 1 is 1.16 bits per heavy atom. The molecule has 3 rings (SSSR count). The van der Waals surface area contributed by atoms with E-state index in [1.54, 1.807) is 35.6 Å². The van der Waals surface area contributed by atoms with Gasteiger partial charge < -0.3 is 20.1 Å². The largest absolute Gasteiger partial charge is 0.416 e. The topological polar surface area (TPSA) is 86.0 Å². The molecule has 230 valence electrons. The van der Waals surface area contributed by atoms with Crippen LogP contribution >= 0.6 is 12.2 Å². The molecule has 0 aliphatic heterocycles. The van der Waals surface area contributed by atoms with Crippen LogP contribution in [0.25, 0.3) is 0 Å². The summed E-state index contributed by atoms with van der Waals surface area (Å²) in [7, 11) is 0. The number of unbranched alkanes of at least 4 members (excludes halogenated alkanes) is 1. The number of thiocarbonyl (C=S) groups is 1. The van der Waals surface area contributed by atoms with Crippen molar-refractivity contribution >= 4 is 23.2 Å². The van der Waals surface area contributed by atoms with Crippen LogP contribution in [-0.4, -0.2) is 44.6 Å². The third-order valence-corrected chi connectivity index (χ3v) is 7.85. The SMILES string of the molecule is CCCCNC(=S)N(Cc1ccccc1C(F)(F)F)C[C@@H](NC(=O)Cc1cncn1Cc1ccc(C#N)cc1)[C@@H](C)CC. The average molecular weight is 613 g/mol. The Morgan fingerprint density at radius 2 is 1.88 bits per heavy atom. The highest BCUT2D eigenvalue weighted by atomic mass is 32.1. The zero-order chi connectivity index (χ0) is 31.4. The zero-order valence-electron chi connectivity index (χ0n) is 24.8. The Kier molecular flexibility index (Phi) is 12.6. The van der Waals surface area contributed by atoms with Gasteiger partial charge in [-0.1, -0.05) is 63.9 Å². The van der Waals surface area contributed by atoms with Crippen LogP contribution in [0, 0.1) is 17.2 Å². The monoisotopic (exact) mass is 612 g/mol. The van der Waals surface area contributed by atoms with E-state index in [1.807, 2.05) is 37.5 Å². The van der Waals surface area contributed by atoms with E-state index in [1.165, 1.54) is 12.1 Å². The molecule has 2 atom stereocenters. The Morgan fingerprint density at radius 3 is 2.53 bits per heavy atom. The molecule has 0 saturated carbocycles. The minimum absolute atomic E-state index is 0.0336. The molecule has 3 aromatic rings. The number of benzene rings is 2. The Labute approximate surface area is 257 Å². The first kappa shape index (κ1) is 33.6. The van der Waals surface area contributed by atoms with Crippen LogP contribution in [-0.2, 0) is 30.5 Å². The van der Waals surface area contributed by atoms with Crippen LogP contribution < -0.4 is 10.6 Å². The van der Waals surface area contributed by atoms with Crippen molar-refractivity contribution in [1.29, 1.82) is 5.26 Å². The summed E-state index contributed by atoms with van der Waals surface area (Å²) < 4.78 is 43.3. The van der Waals surface area contributed by atoms with E-state index in [2.05, 4.69) is 21.7 Å². The maximum atomic E-state index is 13.8. The number of nitrogens with zero attached hydrogens (tertiary/aromatic N) is 4. The molecule has 0 bridgehead atoms. The van der Waals surface area contributed by atoms with Crippen molar-refractivity contribution < 1.29 is 18.0 Å². The molecule has 1 amide bonds. The van der Waals surface area contributed by atoms with Crippen molar-refractivity contribution in [2.45, 2.75) is 71.8 Å². The number of carbonyl (C=O) groups excluding carboxylic acids is 1. The Hall–Kier alpha value is -3.91. The van der Waals surface area contributed by atoms with E-state index in [0.717, 1.165) is 36.6 Å². The van der Waals surface area contributed by atoms with Gasteiger partial charge in [-0.3, -0.25) is 4.79 Å². The first-order valence-electron chi connectivity index (χ1n) is 14.5. The fourth-order valence-electron chi connectivity index (χ4n) is 4.67. The number of halogens is 3. The third-order valence-electron chi connectivity index (χ3n) is 7.45. The zero-order valence-corrected chi connectivity index (χ0v) is 25.6. The lowest BCUT2D eigenvalue weighted by Crippen LogP contribution is -2.51. The van der Waals surface area contributed by atoms with Crippen molar-refractivity contribution in [3.63, 3.8) is 0 Å². The predicted octanol–water partition coefficient (Wildman–Crippen LogP) is 6.07. The molecule has 2 N–H and O–H groups in total. The minimum Gasteiger partial charge on any atom is -0.363 e. The summed E-state index contributed by atoms with van der Waals surface area (Å²) >= 11 is 5.66. The average Bonchev–Trinajstić information content (AvgIpc) is 3.41. The highest BCUT2D eigenvalue weighted by Gasteiger charge is 2.34. The van der Waals surface area contributed by atoms with Gasteiger partial charge in [0.25, 0.3) is 0 Å². The van der Waals surface area contributed by atoms with E-state index in [0.29, 0.717) is 23.8 Å². The highest BCUT2D eigenvalue weighted by Crippen LogP contribution is 2.32. The molecular weight excluding hydrogens is 573 g/mol. The van der Waals surface area contributed by atoms with E-state index in [4.69, 9.17) is 17.5 Å². The first-order valence-corrected chi connectivity index (χ1v) is 14.9. The summed E-state index contributed by atoms with van der Waals surface area (Å²) in [4.78, 5) is 19.3. The van der Waals surface area contributed by atoms with Crippen LogP contribution in [0.1, 0.15) is 68.0 Å². The van der Waals surface area contributed by atoms with E-state index in [9.17, 15) is 18.0 Å². The van der Waals surface area contributed by atoms with Crippen molar-refractivity contribution in [3.8, 4) is 6.07 Å². The number of imidazole rings is 1. The second-order valence-corrected chi connectivity index (χ2v) is 11.1. The van der Waals surface area contributed by atoms with Gasteiger partial charge in [0.1, 0.15) is 0 Å². The summed E-state index contributed by atoms with van der Waals surface area (Å²) in [6, 6.07) is 14.5. The molecule has 0 saturated heterocycles. The maximum Gasteiger partial charge on any atom is 0.416 e. The number of hydrogen-bond donors (Lipinski definition) is 2. The molecule has 0 aliphatic rings. The molecule has 0 unspecified atom stereocenters. The van der Waals surface area contributed by atoms with Gasteiger partial charge in [0, 0.05) is 44.1 Å². The Balaban J connectivity index is 1.77. The Bertz CT molecular complexity index is 1380. The van der Waals surface area contributed by atoms with Crippen LogP contribution in [0.4, 0.5) is 13.2 Å². The second kappa shape index (κ2) is 16.1. The number of hydrogen-bond acceptors (Lipinski definition) is 4. The molecule has 0 fully saturated rings. The van der Waals surface area contributed by atoms with Gasteiger partial charge >= 0.3 is 6.18 Å². The van der Waals surface area contributed by atoms with Crippen molar-refractivity contribution in [2.75, 3.05) is 13.1 Å². The quantitative estimate of drug-likeness (QED) is 0.170. The number of nitriles is 1. The standard InChI is InChI=1S/C32H39F3N6OS/c1-4-6-15-38-31(43)40(20-26-9-7-8-10-28(26)32(33,34)35)21-29(23(3)5-2)39-30(42)16-27-18-37-22-41(27)19-25-13-11-24(17-36)12-14-25/h7-14,18,22-23,29H,4-6,15-16,19-21H2,1-3H3,(H,38,43)(H,39,42)/t23-,29+/m0/s1. The van der Waals surface area contributed by atoms with Gasteiger partial charge in [0.05, 0.1) is 29.9 Å². The van der Waals surface area contributed by atoms with Gasteiger partial charge in [-0.2, -0.15) is 18.4 Å². The number of aromatic nitrogens is 2. The van der Waals surface area contributed by atoms with Gasteiger partial charge in [-0.05, 0) is 53.9 Å². The molecule has 43 heavy (non-hydrogen) atoms. The fourth-order valence-corrected chi connectivity index (χ4v) is 4.92. The molecule has 0 radical (unpaired) electrons. The van der Waals surface area contributed by atoms with Crippen LogP contribution in [0.15, 0.2) is 61.1 Å². The van der Waals surface area contributed by atoms with Crippen LogP contribution in [0.5, 0.6) is 0 Å². The molecule has 11 heteroatoms. The lowest BCUT2D eigenvalue weighted by Gasteiger charge is -2.34. The summed E-state index contributed by atoms with van der Waals surface area (Å²) in [5.74, 6) is -0.182. The van der Waals surface area contributed by atoms with Crippen molar-refractivity contribution in [3.05, 3.63) is 89.0 Å². The number of nitrogens with one attached hydrogen (secondary N) is 2. The molecule has 0 aliphatic carbocycles. The molecule has 2 aromatic carbocycles. The smallest absolute Gasteiger partial charge is 0.363 e. The number of amides is 1. The third kappa shape index (κ3) is 10.1. The lowest BCUT2D eigenvalue weighted by atomic mass is 9.97. The summed E-state index contributed by atoms with van der Waals surface area (Å²) in [6.45, 7) is 7.37. The summed E-state index contributed by atoms with van der Waals surface area (Å²) in [6.07, 6.45) is 1.46. The van der Waals surface area contributed by atoms with Gasteiger partial charge in [0.2, 0.25) is 5.91 Å². The van der Waals surface area contributed by atoms with E-state index < -0.39 is 11.7 Å². The van der Waals surface area contributed by atoms with E-state index >= 15 is 0 Å². The molecule has 0 spiro atoms. The summed E-state index contributed by atoms with van der Waals surface area (Å²) in [5.41, 5.74) is 1.68. The molecule has 1 heterocycles.